The summed E-state index contributed by atoms with van der Waals surface area (Å²) in [6.45, 7) is 6.63. The fourth-order valence-electron chi connectivity index (χ4n) is 10.5. The van der Waals surface area contributed by atoms with E-state index in [0.717, 1.165) is 68.2 Å². The van der Waals surface area contributed by atoms with Gasteiger partial charge in [0.05, 0.1) is 43.3 Å². The molecule has 1 N–H and O–H groups in total. The zero-order chi connectivity index (χ0) is 43.2. The Morgan fingerprint density at radius 3 is 1.68 bits per heavy atom. The number of hydrogen-bond acceptors (Lipinski definition) is 14. The van der Waals surface area contributed by atoms with E-state index in [1.165, 1.54) is 24.1 Å². The van der Waals surface area contributed by atoms with Gasteiger partial charge in [-0.2, -0.15) is 0 Å². The van der Waals surface area contributed by atoms with Gasteiger partial charge in [-0.1, -0.05) is 29.7 Å². The van der Waals surface area contributed by atoms with Crippen molar-refractivity contribution in [3.8, 4) is 0 Å². The van der Waals surface area contributed by atoms with Crippen LogP contribution in [-0.2, 0) is 36.6 Å². The summed E-state index contributed by atoms with van der Waals surface area (Å²) in [5, 5.41) is 3.57. The maximum Gasteiger partial charge on any atom is 0.410 e. The van der Waals surface area contributed by atoms with E-state index in [9.17, 15) is 24.0 Å². The molecule has 10 heterocycles. The Morgan fingerprint density at radius 2 is 1.11 bits per heavy atom. The molecule has 8 bridgehead atoms. The van der Waals surface area contributed by atoms with Gasteiger partial charge in [-0.25, -0.2) is 34.3 Å². The van der Waals surface area contributed by atoms with E-state index in [1.54, 1.807) is 36.3 Å². The molecular weight excluding hydrogens is 831 g/mol. The van der Waals surface area contributed by atoms with Gasteiger partial charge in [0.1, 0.15) is 18.4 Å². The number of aromatic nitrogens is 4. The smallest absolute Gasteiger partial charge is 0.410 e. The number of ether oxygens (including phenoxy) is 3. The number of hydrogen-bond donors (Lipinski definition) is 1. The van der Waals surface area contributed by atoms with Crippen LogP contribution in [0.25, 0.3) is 0 Å². The third kappa shape index (κ3) is 12.0. The Balaban J connectivity index is 0.000000228. The number of ketones is 2. The molecule has 65 heavy (non-hydrogen) atoms. The number of amides is 3. The van der Waals surface area contributed by atoms with E-state index >= 15 is 0 Å². The van der Waals surface area contributed by atoms with Crippen molar-refractivity contribution in [2.75, 3.05) is 33.9 Å². The van der Waals surface area contributed by atoms with E-state index in [1.807, 2.05) is 49.4 Å². The Kier molecular flexibility index (Phi) is 20.3. The monoisotopic (exact) mass is 908 g/mol. The predicted octanol–water partition coefficient (Wildman–Crippen LogP) is 7.80. The van der Waals surface area contributed by atoms with Gasteiger partial charge in [-0.15, -0.1) is 0 Å². The number of Topliss-reactive ketones (excluding diaryl/α,β-unsaturated/α-hetero) is 2. The molecule has 8 aliphatic heterocycles. The van der Waals surface area contributed by atoms with Crippen molar-refractivity contribution in [2.45, 2.75) is 182 Å². The first-order chi connectivity index (χ1) is 29.5. The minimum absolute atomic E-state index is 0. The zero-order valence-electron chi connectivity index (χ0n) is 36.2. The average molecular weight is 908 g/mol. The molecule has 0 spiro atoms. The van der Waals surface area contributed by atoms with Crippen molar-refractivity contribution in [1.29, 1.82) is 0 Å². The van der Waals surface area contributed by atoms with Crippen LogP contribution in [0.4, 0.5) is 14.4 Å². The molecule has 0 radical (unpaired) electrons. The summed E-state index contributed by atoms with van der Waals surface area (Å²) in [6, 6.07) is 1.74. The third-order valence-corrected chi connectivity index (χ3v) is 13.0. The van der Waals surface area contributed by atoms with Gasteiger partial charge in [0, 0.05) is 118 Å². The van der Waals surface area contributed by atoms with Gasteiger partial charge in [-0.05, 0) is 72.1 Å². The fraction of sp³-hybridized carbons (Fsp3) is 0.688. The molecule has 8 atom stereocenters. The lowest BCUT2D eigenvalue weighted by Crippen LogP contribution is -2.48. The van der Waals surface area contributed by atoms with Crippen LogP contribution in [-0.4, -0.2) is 140 Å². The molecule has 8 unspecified atom stereocenters. The summed E-state index contributed by atoms with van der Waals surface area (Å²) >= 11 is 0. The summed E-state index contributed by atoms with van der Waals surface area (Å²) in [5.41, 5.74) is 5.51. The summed E-state index contributed by atoms with van der Waals surface area (Å²) in [7, 11) is 3.77. The van der Waals surface area contributed by atoms with Crippen LogP contribution in [0.5, 0.6) is 0 Å². The first-order valence-electron chi connectivity index (χ1n) is 22.1. The van der Waals surface area contributed by atoms with Crippen molar-refractivity contribution < 1.29 is 38.2 Å². The minimum Gasteiger partial charge on any atom is -0.450 e. The van der Waals surface area contributed by atoms with Crippen LogP contribution in [0.3, 0.4) is 0 Å². The Morgan fingerprint density at radius 1 is 0.631 bits per heavy atom. The topological polar surface area (TPSA) is 190 Å². The van der Waals surface area contributed by atoms with Crippen molar-refractivity contribution in [2.24, 2.45) is 0 Å². The van der Waals surface area contributed by atoms with E-state index in [2.05, 4.69) is 25.3 Å². The number of carbonyl (C=O) groups excluding carboxylic acids is 5. The van der Waals surface area contributed by atoms with Crippen LogP contribution in [0.2, 0.25) is 0 Å². The molecule has 17 nitrogen and oxygen atoms in total. The summed E-state index contributed by atoms with van der Waals surface area (Å²) in [5.74, 6) is 0.454. The van der Waals surface area contributed by atoms with Gasteiger partial charge < -0.3 is 29.3 Å². The van der Waals surface area contributed by atoms with Crippen LogP contribution < -0.4 is 5.32 Å². The molecule has 2 aromatic rings. The van der Waals surface area contributed by atoms with Gasteiger partial charge in [-0.3, -0.25) is 19.4 Å². The Labute approximate surface area is 387 Å². The SMILES string of the molecule is C.C.C.C.CCOC(=O)N1C2CCC1/C(=C\N(C)C)C(=O)C2.CCOC(=O)N1C2CCC1CC(=O)C2.CCOC(=O)N1C2CCC1c1cncnc1C2.c1ncc2c(n1)CC1CCC2N1. The molecule has 10 rings (SSSR count). The van der Waals surface area contributed by atoms with Gasteiger partial charge in [0.15, 0.2) is 5.78 Å². The largest absolute Gasteiger partial charge is 0.450 e. The van der Waals surface area contributed by atoms with Crippen molar-refractivity contribution in [1.82, 2.24) is 44.9 Å². The lowest BCUT2D eigenvalue weighted by atomic mass is 9.96. The number of piperidine rings is 2. The lowest BCUT2D eigenvalue weighted by molar-refractivity contribution is -0.123. The molecule has 0 saturated carbocycles. The highest BCUT2D eigenvalue weighted by molar-refractivity contribution is 5.99. The summed E-state index contributed by atoms with van der Waals surface area (Å²) < 4.78 is 15.2. The van der Waals surface area contributed by atoms with E-state index in [-0.39, 0.29) is 95.8 Å². The molecule has 8 aliphatic rings. The van der Waals surface area contributed by atoms with Crippen LogP contribution >= 0.6 is 0 Å². The molecular formula is C48H77N9O8. The lowest BCUT2D eigenvalue weighted by Gasteiger charge is -2.35. The van der Waals surface area contributed by atoms with Crippen LogP contribution in [0.1, 0.15) is 156 Å². The quantitative estimate of drug-likeness (QED) is 0.231. The molecule has 2 aromatic heterocycles. The highest BCUT2D eigenvalue weighted by atomic mass is 16.6. The van der Waals surface area contributed by atoms with Crippen molar-refractivity contribution in [3.63, 3.8) is 0 Å². The molecule has 6 saturated heterocycles. The molecule has 17 heteroatoms. The first kappa shape index (κ1) is 54.1. The standard InChI is InChI=1S/C13H20N2O3.C12H15N3O2.C10H15NO3.C9H11N3.4CH4/c1-4-18-13(17)15-9-5-6-11(15)10(8-14(2)3)12(16)7-9;1-2-17-12(16)15-8-3-4-11(15)9-6-13-7-14-10(9)5-8;1-2-14-10(13)11-7-3-4-8(11)6-9(12)5-7;1-2-8-7-4-10-5-11-9(7)3-6(1)12-8;;;;/h8-9,11H,4-7H2,1-3H3;6-8,11H,2-5H2,1H3;7-8H,2-6H2,1H3;4-6,8,12H,1-3H2;4*1H4/b10-8+;;;;;;;. The molecule has 3 amide bonds. The number of nitrogens with one attached hydrogen (secondary N) is 1. The number of carbonyl (C=O) groups is 5. The van der Waals surface area contributed by atoms with E-state index in [0.29, 0.717) is 51.2 Å². The number of rotatable bonds is 4. The second-order valence-electron chi connectivity index (χ2n) is 17.1. The second-order valence-corrected chi connectivity index (χ2v) is 17.1. The number of nitrogens with zero attached hydrogens (tertiary/aromatic N) is 8. The molecule has 6 fully saturated rings. The van der Waals surface area contributed by atoms with Crippen molar-refractivity contribution in [3.05, 3.63) is 59.3 Å². The van der Waals surface area contributed by atoms with Crippen LogP contribution in [0.15, 0.2) is 36.8 Å². The van der Waals surface area contributed by atoms with Gasteiger partial charge in [0.2, 0.25) is 0 Å². The van der Waals surface area contributed by atoms with Crippen LogP contribution in [0, 0.1) is 0 Å². The van der Waals surface area contributed by atoms with E-state index in [4.69, 9.17) is 14.2 Å². The highest BCUT2D eigenvalue weighted by Gasteiger charge is 2.47. The minimum atomic E-state index is -0.290. The molecule has 0 aromatic carbocycles. The van der Waals surface area contributed by atoms with E-state index < -0.39 is 0 Å². The average Bonchev–Trinajstić information content (AvgIpc) is 3.97. The second kappa shape index (κ2) is 24.4. The predicted molar refractivity (Wildman–Crippen MR) is 249 cm³/mol. The van der Waals surface area contributed by atoms with Crippen molar-refractivity contribution >= 4 is 29.8 Å². The normalized spacial score (nSPS) is 27.1. The van der Waals surface area contributed by atoms with Gasteiger partial charge >= 0.3 is 18.3 Å². The molecule has 362 valence electrons. The first-order valence-corrected chi connectivity index (χ1v) is 22.1. The Bertz CT molecular complexity index is 1950. The highest BCUT2D eigenvalue weighted by Crippen LogP contribution is 2.43. The summed E-state index contributed by atoms with van der Waals surface area (Å²) in [6.07, 6.45) is 19.7. The summed E-state index contributed by atoms with van der Waals surface area (Å²) in [4.78, 5) is 82.7. The fourth-order valence-corrected chi connectivity index (χ4v) is 10.5. The zero-order valence-corrected chi connectivity index (χ0v) is 36.2. The maximum absolute atomic E-state index is 12.0. The maximum atomic E-state index is 12.0. The Hall–Kier alpha value is -5.19. The third-order valence-electron chi connectivity index (χ3n) is 13.0. The van der Waals surface area contributed by atoms with Gasteiger partial charge in [0.25, 0.3) is 0 Å². The number of fused-ring (bicyclic) bond motifs is 12. The molecule has 0 aliphatic carbocycles.